The van der Waals surface area contributed by atoms with Gasteiger partial charge in [-0.2, -0.15) is 0 Å². The third-order valence-corrected chi connectivity index (χ3v) is 3.80. The van der Waals surface area contributed by atoms with E-state index in [1.54, 1.807) is 23.1 Å². The Morgan fingerprint density at radius 1 is 1.53 bits per heavy atom. The first-order chi connectivity index (χ1) is 7.24. The van der Waals surface area contributed by atoms with Gasteiger partial charge in [-0.25, -0.2) is 0 Å². The van der Waals surface area contributed by atoms with E-state index in [0.29, 0.717) is 0 Å². The molecule has 0 spiro atoms. The molecule has 84 valence electrons. The van der Waals surface area contributed by atoms with Gasteiger partial charge in [0.05, 0.1) is 0 Å². The topological polar surface area (TPSA) is 41.1 Å². The Hall–Kier alpha value is -0.590. The molecule has 0 aliphatic carbocycles. The number of hydrogen-bond donors (Lipinski definition) is 1. The fourth-order valence-corrected chi connectivity index (χ4v) is 2.59. The van der Waals surface area contributed by atoms with Gasteiger partial charge in [-0.1, -0.05) is 29.2 Å². The maximum atomic E-state index is 4.10. The zero-order valence-corrected chi connectivity index (χ0v) is 10.7. The number of aromatic nitrogens is 2. The van der Waals surface area contributed by atoms with Gasteiger partial charge in [0, 0.05) is 32.9 Å². The molecule has 4 nitrogen and oxygen atoms in total. The molecule has 1 rings (SSSR count). The van der Waals surface area contributed by atoms with Crippen molar-refractivity contribution in [2.45, 2.75) is 4.34 Å². The molecule has 0 amide bonds. The molecule has 1 N–H and O–H groups in total. The quantitative estimate of drug-likeness (QED) is 0.447. The van der Waals surface area contributed by atoms with E-state index in [1.807, 2.05) is 25.1 Å². The number of rotatable bonds is 7. The van der Waals surface area contributed by atoms with Gasteiger partial charge in [0.15, 0.2) is 4.34 Å². The van der Waals surface area contributed by atoms with Crippen LogP contribution in [-0.2, 0) is 0 Å². The summed E-state index contributed by atoms with van der Waals surface area (Å²) in [4.78, 5) is 1.97. The van der Waals surface area contributed by atoms with Crippen LogP contribution in [-0.4, -0.2) is 43.1 Å². The van der Waals surface area contributed by atoms with Crippen LogP contribution in [0.15, 0.2) is 17.0 Å². The second kappa shape index (κ2) is 6.81. The van der Waals surface area contributed by atoms with Gasteiger partial charge in [0.25, 0.3) is 0 Å². The van der Waals surface area contributed by atoms with Crippen LogP contribution >= 0.6 is 23.1 Å². The summed E-state index contributed by atoms with van der Waals surface area (Å²) in [5, 5.41) is 12.4. The lowest BCUT2D eigenvalue weighted by Crippen LogP contribution is -2.16. The molecule has 15 heavy (non-hydrogen) atoms. The Morgan fingerprint density at radius 2 is 2.33 bits per heavy atom. The molecule has 0 aliphatic heterocycles. The number of nitrogens with one attached hydrogen (secondary N) is 1. The summed E-state index contributed by atoms with van der Waals surface area (Å²) < 4.78 is 1.03. The average Bonchev–Trinajstić information content (AvgIpc) is 2.66. The molecule has 0 fully saturated rings. The van der Waals surface area contributed by atoms with Crippen LogP contribution in [0.1, 0.15) is 0 Å². The Morgan fingerprint density at radius 3 is 2.93 bits per heavy atom. The smallest absolute Gasteiger partial charge is 0.208 e. The van der Waals surface area contributed by atoms with Gasteiger partial charge in [-0.15, -0.1) is 16.8 Å². The zero-order chi connectivity index (χ0) is 11.1. The maximum absolute atomic E-state index is 4.10. The third kappa shape index (κ3) is 4.63. The van der Waals surface area contributed by atoms with Crippen LogP contribution < -0.4 is 10.2 Å². The fraction of sp³-hybridized carbons (Fsp3) is 0.556. The summed E-state index contributed by atoms with van der Waals surface area (Å²) in [6, 6.07) is 0. The molecule has 0 saturated carbocycles. The molecule has 0 aliphatic rings. The van der Waals surface area contributed by atoms with Crippen LogP contribution in [0.2, 0.25) is 0 Å². The highest BCUT2D eigenvalue weighted by Crippen LogP contribution is 2.26. The van der Waals surface area contributed by atoms with E-state index in [2.05, 4.69) is 22.1 Å². The van der Waals surface area contributed by atoms with Crippen molar-refractivity contribution < 1.29 is 0 Å². The summed E-state index contributed by atoms with van der Waals surface area (Å²) in [7, 11) is 3.95. The first-order valence-corrected chi connectivity index (χ1v) is 6.49. The minimum Gasteiger partial charge on any atom is -0.353 e. The van der Waals surface area contributed by atoms with Gasteiger partial charge < -0.3 is 10.2 Å². The van der Waals surface area contributed by atoms with Crippen molar-refractivity contribution in [3.8, 4) is 0 Å². The molecule has 0 bridgehead atoms. The number of hydrogen-bond acceptors (Lipinski definition) is 6. The third-order valence-electron chi connectivity index (χ3n) is 1.57. The highest BCUT2D eigenvalue weighted by molar-refractivity contribution is 8.01. The average molecular weight is 244 g/mol. The predicted molar refractivity (Wildman–Crippen MR) is 68.0 cm³/mol. The van der Waals surface area contributed by atoms with Crippen molar-refractivity contribution in [3.05, 3.63) is 12.7 Å². The van der Waals surface area contributed by atoms with Crippen molar-refractivity contribution >= 4 is 28.2 Å². The molecule has 0 saturated heterocycles. The summed E-state index contributed by atoms with van der Waals surface area (Å²) in [6.07, 6.45) is 1.86. The lowest BCUT2D eigenvalue weighted by Gasteiger charge is -2.03. The first kappa shape index (κ1) is 12.5. The molecule has 0 aromatic carbocycles. The predicted octanol–water partition coefficient (Wildman–Crippen LogP) is 1.47. The Balaban J connectivity index is 2.22. The van der Waals surface area contributed by atoms with Crippen molar-refractivity contribution in [3.63, 3.8) is 0 Å². The molecular formula is C9H16N4S2. The SMILES string of the molecule is C=CCNCCSc1nnc(N(C)C)s1. The molecule has 1 aromatic heterocycles. The molecule has 6 heteroatoms. The number of nitrogens with zero attached hydrogens (tertiary/aromatic N) is 3. The van der Waals surface area contributed by atoms with Crippen LogP contribution in [0, 0.1) is 0 Å². The van der Waals surface area contributed by atoms with Crippen LogP contribution in [0.5, 0.6) is 0 Å². The normalized spacial score (nSPS) is 10.3. The Labute approximate surface area is 98.8 Å². The second-order valence-corrected chi connectivity index (χ2v) is 5.38. The van der Waals surface area contributed by atoms with Crippen LogP contribution in [0.25, 0.3) is 0 Å². The van der Waals surface area contributed by atoms with Crippen molar-refractivity contribution in [2.75, 3.05) is 37.8 Å². The largest absolute Gasteiger partial charge is 0.353 e. The van der Waals surface area contributed by atoms with Gasteiger partial charge in [0.2, 0.25) is 5.13 Å². The van der Waals surface area contributed by atoms with Gasteiger partial charge in [0.1, 0.15) is 0 Å². The van der Waals surface area contributed by atoms with Crippen LogP contribution in [0.3, 0.4) is 0 Å². The Bertz CT molecular complexity index is 298. The molecule has 1 heterocycles. The van der Waals surface area contributed by atoms with Crippen molar-refractivity contribution in [2.24, 2.45) is 0 Å². The van der Waals surface area contributed by atoms with Gasteiger partial charge >= 0.3 is 0 Å². The summed E-state index contributed by atoms with van der Waals surface area (Å²) in [5.41, 5.74) is 0. The summed E-state index contributed by atoms with van der Waals surface area (Å²) in [5.74, 6) is 1.01. The first-order valence-electron chi connectivity index (χ1n) is 4.69. The molecule has 1 aromatic rings. The van der Waals surface area contributed by atoms with E-state index < -0.39 is 0 Å². The van der Waals surface area contributed by atoms with E-state index in [1.165, 1.54) is 0 Å². The van der Waals surface area contributed by atoms with E-state index >= 15 is 0 Å². The minimum atomic E-state index is 0.861. The standard InChI is InChI=1S/C9H16N4S2/c1-4-5-10-6-7-14-9-12-11-8(15-9)13(2)3/h4,10H,1,5-7H2,2-3H3. The molecular weight excluding hydrogens is 228 g/mol. The number of thioether (sulfide) groups is 1. The minimum absolute atomic E-state index is 0.861. The zero-order valence-electron chi connectivity index (χ0n) is 9.06. The lowest BCUT2D eigenvalue weighted by molar-refractivity contribution is 0.806. The highest BCUT2D eigenvalue weighted by atomic mass is 32.2. The van der Waals surface area contributed by atoms with Crippen molar-refractivity contribution in [1.82, 2.24) is 15.5 Å². The second-order valence-electron chi connectivity index (χ2n) is 3.09. The molecule has 0 atom stereocenters. The van der Waals surface area contributed by atoms with Gasteiger partial charge in [-0.3, -0.25) is 0 Å². The molecule has 0 unspecified atom stereocenters. The highest BCUT2D eigenvalue weighted by Gasteiger charge is 2.05. The van der Waals surface area contributed by atoms with E-state index in [0.717, 1.165) is 28.3 Å². The van der Waals surface area contributed by atoms with Crippen LogP contribution in [0.4, 0.5) is 5.13 Å². The lowest BCUT2D eigenvalue weighted by atomic mass is 10.6. The van der Waals surface area contributed by atoms with Gasteiger partial charge in [-0.05, 0) is 0 Å². The summed E-state index contributed by atoms with van der Waals surface area (Å²) in [6.45, 7) is 5.47. The molecule has 0 radical (unpaired) electrons. The maximum Gasteiger partial charge on any atom is 0.208 e. The summed E-state index contributed by atoms with van der Waals surface area (Å²) >= 11 is 3.35. The number of anilines is 1. The fourth-order valence-electron chi connectivity index (χ4n) is 0.856. The Kier molecular flexibility index (Phi) is 5.67. The van der Waals surface area contributed by atoms with E-state index in [-0.39, 0.29) is 0 Å². The van der Waals surface area contributed by atoms with E-state index in [9.17, 15) is 0 Å². The van der Waals surface area contributed by atoms with E-state index in [4.69, 9.17) is 0 Å². The monoisotopic (exact) mass is 244 g/mol. The van der Waals surface area contributed by atoms with Crippen molar-refractivity contribution in [1.29, 1.82) is 0 Å².